The second-order valence-corrected chi connectivity index (χ2v) is 4.81. The van der Waals surface area contributed by atoms with E-state index in [1.165, 1.54) is 6.33 Å². The minimum Gasteiger partial charge on any atom is -0.486 e. The van der Waals surface area contributed by atoms with Gasteiger partial charge in [0.25, 0.3) is 0 Å². The van der Waals surface area contributed by atoms with Gasteiger partial charge in [0.15, 0.2) is 23.0 Å². The number of hydrogen-bond acceptors (Lipinski definition) is 8. The van der Waals surface area contributed by atoms with E-state index in [0.717, 1.165) is 11.3 Å². The second kappa shape index (κ2) is 5.44. The number of nitrogens with one attached hydrogen (secondary N) is 2. The Morgan fingerprint density at radius 2 is 2.09 bits per heavy atom. The molecule has 23 heavy (non-hydrogen) atoms. The maximum Gasteiger partial charge on any atom is 0.247 e. The summed E-state index contributed by atoms with van der Waals surface area (Å²) in [6, 6.07) is 5.58. The number of nitrogen functional groups attached to an aromatic ring is 1. The van der Waals surface area contributed by atoms with Crippen molar-refractivity contribution in [2.45, 2.75) is 0 Å². The molecule has 9 nitrogen and oxygen atoms in total. The lowest BCUT2D eigenvalue weighted by atomic mass is 10.2. The first-order valence-electron chi connectivity index (χ1n) is 6.95. The first-order valence-corrected chi connectivity index (χ1v) is 6.95. The normalized spacial score (nSPS) is 13.6. The van der Waals surface area contributed by atoms with Gasteiger partial charge in [-0.1, -0.05) is 0 Å². The Morgan fingerprint density at radius 1 is 1.22 bits per heavy atom. The van der Waals surface area contributed by atoms with Crippen LogP contribution in [0.5, 0.6) is 11.5 Å². The summed E-state index contributed by atoms with van der Waals surface area (Å²) in [5.74, 6) is 2.03. The molecule has 4 rings (SSSR count). The van der Waals surface area contributed by atoms with Gasteiger partial charge in [-0.2, -0.15) is 15.1 Å². The number of benzene rings is 1. The predicted octanol–water partition coefficient (Wildman–Crippen LogP) is 1.15. The van der Waals surface area contributed by atoms with Crippen LogP contribution in [0.4, 0.5) is 11.8 Å². The van der Waals surface area contributed by atoms with Gasteiger partial charge >= 0.3 is 0 Å². The molecular formula is C14H13N7O2. The van der Waals surface area contributed by atoms with Gasteiger partial charge in [-0.3, -0.25) is 0 Å². The van der Waals surface area contributed by atoms with Gasteiger partial charge in [-0.15, -0.1) is 0 Å². The van der Waals surface area contributed by atoms with Gasteiger partial charge in [0.2, 0.25) is 5.95 Å². The molecule has 116 valence electrons. The summed E-state index contributed by atoms with van der Waals surface area (Å²) in [6.45, 7) is 1.11. The highest BCUT2D eigenvalue weighted by atomic mass is 16.6. The van der Waals surface area contributed by atoms with Crippen molar-refractivity contribution in [3.8, 4) is 11.5 Å². The number of fused-ring (bicyclic) bond motifs is 2. The van der Waals surface area contributed by atoms with Crippen LogP contribution in [-0.2, 0) is 0 Å². The Balaban J connectivity index is 1.52. The van der Waals surface area contributed by atoms with Crippen molar-refractivity contribution >= 4 is 29.1 Å². The van der Waals surface area contributed by atoms with Gasteiger partial charge in [0, 0.05) is 0 Å². The monoisotopic (exact) mass is 311 g/mol. The van der Waals surface area contributed by atoms with E-state index in [4.69, 9.17) is 15.2 Å². The molecule has 1 aliphatic rings. The van der Waals surface area contributed by atoms with E-state index in [1.807, 2.05) is 18.2 Å². The maximum absolute atomic E-state index is 5.82. The summed E-state index contributed by atoms with van der Waals surface area (Å²) in [7, 11) is 0. The van der Waals surface area contributed by atoms with Crippen LogP contribution < -0.4 is 20.6 Å². The molecule has 0 unspecified atom stereocenters. The molecule has 2 aromatic heterocycles. The van der Waals surface area contributed by atoms with Crippen LogP contribution in [0.1, 0.15) is 5.56 Å². The zero-order valence-electron chi connectivity index (χ0n) is 12.0. The largest absolute Gasteiger partial charge is 0.486 e. The summed E-state index contributed by atoms with van der Waals surface area (Å²) in [6.07, 6.45) is 3.14. The van der Waals surface area contributed by atoms with Crippen molar-refractivity contribution in [2.75, 3.05) is 24.4 Å². The molecule has 0 fully saturated rings. The summed E-state index contributed by atoms with van der Waals surface area (Å²) in [5.41, 5.74) is 10.5. The average molecular weight is 311 g/mol. The van der Waals surface area contributed by atoms with Gasteiger partial charge in [-0.25, -0.2) is 10.4 Å². The van der Waals surface area contributed by atoms with Crippen LogP contribution in [0.15, 0.2) is 29.6 Å². The van der Waals surface area contributed by atoms with E-state index < -0.39 is 0 Å². The predicted molar refractivity (Wildman–Crippen MR) is 84.7 cm³/mol. The van der Waals surface area contributed by atoms with Gasteiger partial charge in [-0.05, 0) is 23.8 Å². The summed E-state index contributed by atoms with van der Waals surface area (Å²) in [5, 5.41) is 4.10. The van der Waals surface area contributed by atoms with Crippen LogP contribution in [0, 0.1) is 0 Å². The minimum absolute atomic E-state index is 0.274. The van der Waals surface area contributed by atoms with E-state index in [0.29, 0.717) is 35.9 Å². The van der Waals surface area contributed by atoms with Crippen molar-refractivity contribution in [3.63, 3.8) is 0 Å². The number of hydrogen-bond donors (Lipinski definition) is 3. The topological polar surface area (TPSA) is 123 Å². The molecule has 0 saturated carbocycles. The van der Waals surface area contributed by atoms with Gasteiger partial charge in [0.1, 0.15) is 18.7 Å². The molecule has 3 aromatic rings. The van der Waals surface area contributed by atoms with Crippen molar-refractivity contribution in [1.29, 1.82) is 0 Å². The van der Waals surface area contributed by atoms with Gasteiger partial charge in [0.05, 0.1) is 12.5 Å². The van der Waals surface area contributed by atoms with E-state index >= 15 is 0 Å². The molecule has 3 heterocycles. The standard InChI is InChI=1S/C14H13N7O2/c15-12-11-13(17-7-16-11)20-14(19-12)21-18-6-8-1-2-9-10(5-8)23-4-3-22-9/h1-2,5-7H,3-4H2,(H4,15,16,17,19,20,21)/b18-6+. The van der Waals surface area contributed by atoms with Crippen molar-refractivity contribution in [3.05, 3.63) is 30.1 Å². The van der Waals surface area contributed by atoms with Crippen LogP contribution in [-0.4, -0.2) is 39.4 Å². The van der Waals surface area contributed by atoms with Crippen LogP contribution in [0.3, 0.4) is 0 Å². The van der Waals surface area contributed by atoms with E-state index in [9.17, 15) is 0 Å². The lowest BCUT2D eigenvalue weighted by molar-refractivity contribution is 0.171. The number of nitrogens with zero attached hydrogens (tertiary/aromatic N) is 4. The Labute approximate surface area is 130 Å². The molecule has 0 bridgehead atoms. The van der Waals surface area contributed by atoms with Crippen molar-refractivity contribution < 1.29 is 9.47 Å². The Morgan fingerprint density at radius 3 is 3.00 bits per heavy atom. The molecule has 4 N–H and O–H groups in total. The van der Waals surface area contributed by atoms with Crippen LogP contribution in [0.25, 0.3) is 11.2 Å². The smallest absolute Gasteiger partial charge is 0.247 e. The number of ether oxygens (including phenoxy) is 2. The number of H-pyrrole nitrogens is 1. The van der Waals surface area contributed by atoms with Crippen molar-refractivity contribution in [1.82, 2.24) is 19.9 Å². The quantitative estimate of drug-likeness (QED) is 0.489. The molecule has 0 atom stereocenters. The molecule has 9 heteroatoms. The fourth-order valence-electron chi connectivity index (χ4n) is 2.21. The molecule has 0 radical (unpaired) electrons. The zero-order valence-corrected chi connectivity index (χ0v) is 12.0. The summed E-state index contributed by atoms with van der Waals surface area (Å²) >= 11 is 0. The lowest BCUT2D eigenvalue weighted by Crippen LogP contribution is -2.15. The number of aromatic amines is 1. The molecule has 0 spiro atoms. The van der Waals surface area contributed by atoms with E-state index in [1.54, 1.807) is 6.21 Å². The highest BCUT2D eigenvalue weighted by Gasteiger charge is 2.11. The average Bonchev–Trinajstić information content (AvgIpc) is 3.04. The van der Waals surface area contributed by atoms with Crippen LogP contribution in [0.2, 0.25) is 0 Å². The number of rotatable bonds is 3. The molecule has 0 aliphatic carbocycles. The van der Waals surface area contributed by atoms with Crippen molar-refractivity contribution in [2.24, 2.45) is 5.10 Å². The fraction of sp³-hybridized carbons (Fsp3) is 0.143. The maximum atomic E-state index is 5.82. The minimum atomic E-state index is 0.274. The SMILES string of the molecule is Nc1nc(N/N=C/c2ccc3c(c2)OCCO3)nc2nc[nH]c12. The molecule has 1 aromatic carbocycles. The number of aromatic nitrogens is 4. The lowest BCUT2D eigenvalue weighted by Gasteiger charge is -2.18. The highest BCUT2D eigenvalue weighted by Crippen LogP contribution is 2.30. The first-order chi connectivity index (χ1) is 11.3. The second-order valence-electron chi connectivity index (χ2n) is 4.81. The van der Waals surface area contributed by atoms with E-state index in [2.05, 4.69) is 30.5 Å². The molecule has 0 amide bonds. The summed E-state index contributed by atoms with van der Waals surface area (Å²) < 4.78 is 11.0. The third-order valence-electron chi connectivity index (χ3n) is 3.26. The number of nitrogens with two attached hydrogens (primary N) is 1. The zero-order chi connectivity index (χ0) is 15.6. The Hall–Kier alpha value is -3.36. The highest BCUT2D eigenvalue weighted by molar-refractivity contribution is 5.83. The first kappa shape index (κ1) is 13.3. The molecule has 0 saturated heterocycles. The Bertz CT molecular complexity index is 890. The fourth-order valence-corrected chi connectivity index (χ4v) is 2.21. The number of anilines is 2. The van der Waals surface area contributed by atoms with Gasteiger partial charge < -0.3 is 20.2 Å². The molecular weight excluding hydrogens is 298 g/mol. The molecule has 1 aliphatic heterocycles. The van der Waals surface area contributed by atoms with Crippen LogP contribution >= 0.6 is 0 Å². The third kappa shape index (κ3) is 2.59. The third-order valence-corrected chi connectivity index (χ3v) is 3.26. The number of imidazole rings is 1. The summed E-state index contributed by atoms with van der Waals surface area (Å²) in [4.78, 5) is 15.2. The number of hydrazone groups is 1. The Kier molecular flexibility index (Phi) is 3.15. The van der Waals surface area contributed by atoms with E-state index in [-0.39, 0.29) is 5.95 Å².